The largest absolute Gasteiger partial charge is 0.489 e. The van der Waals surface area contributed by atoms with Crippen LogP contribution in [0.1, 0.15) is 51.7 Å². The van der Waals surface area contributed by atoms with Crippen LogP contribution in [0, 0.1) is 0 Å². The summed E-state index contributed by atoms with van der Waals surface area (Å²) in [5, 5.41) is 0. The van der Waals surface area contributed by atoms with Gasteiger partial charge in [-0.15, -0.1) is 0 Å². The minimum absolute atomic E-state index is 0.0141. The Morgan fingerprint density at radius 1 is 0.704 bits per heavy atom. The Bertz CT molecular complexity index is 686. The average Bonchev–Trinajstić information content (AvgIpc) is 2.68. The summed E-state index contributed by atoms with van der Waals surface area (Å²) in [6, 6.07) is 17.0. The maximum atomic E-state index is 5.75. The van der Waals surface area contributed by atoms with E-state index in [2.05, 4.69) is 75.5 Å². The molecule has 0 saturated heterocycles. The van der Waals surface area contributed by atoms with E-state index in [4.69, 9.17) is 9.47 Å². The summed E-state index contributed by atoms with van der Waals surface area (Å²) in [5.41, 5.74) is 4.64. The van der Waals surface area contributed by atoms with Gasteiger partial charge in [0.25, 0.3) is 0 Å². The summed E-state index contributed by atoms with van der Waals surface area (Å²) in [7, 11) is 0. The summed E-state index contributed by atoms with van der Waals surface area (Å²) in [6.07, 6.45) is 2.06. The number of benzene rings is 2. The van der Waals surface area contributed by atoms with Crippen molar-refractivity contribution in [3.05, 3.63) is 84.0 Å². The number of ether oxygens (including phenoxy) is 2. The van der Waals surface area contributed by atoms with Crippen molar-refractivity contribution in [3.8, 4) is 11.5 Å². The Morgan fingerprint density at radius 3 is 1.30 bits per heavy atom. The molecule has 0 heterocycles. The summed E-state index contributed by atoms with van der Waals surface area (Å²) >= 11 is 0. The molecule has 0 spiro atoms. The Balaban J connectivity index is 2.25. The highest BCUT2D eigenvalue weighted by atomic mass is 16.5. The standard InChI is InChI=1S/C25H32O2/c1-7-25(8-2,21-9-13-23(14-10-21)26-17-19(3)4)22-11-15-24(16-12-22)27-18-20(5)6/h9-16H,3,5,7-8,17-18H2,1-2,4,6H3. The molecule has 0 saturated carbocycles. The molecule has 2 nitrogen and oxygen atoms in total. The van der Waals surface area contributed by atoms with Crippen LogP contribution in [0.5, 0.6) is 11.5 Å². The molecule has 0 aliphatic carbocycles. The van der Waals surface area contributed by atoms with Crippen molar-refractivity contribution in [2.75, 3.05) is 13.2 Å². The molecule has 27 heavy (non-hydrogen) atoms. The van der Waals surface area contributed by atoms with Crippen LogP contribution in [0.3, 0.4) is 0 Å². The van der Waals surface area contributed by atoms with Gasteiger partial charge in [-0.05, 0) is 73.2 Å². The fourth-order valence-corrected chi connectivity index (χ4v) is 3.39. The zero-order valence-electron chi connectivity index (χ0n) is 17.2. The van der Waals surface area contributed by atoms with E-state index in [1.807, 2.05) is 13.8 Å². The summed E-state index contributed by atoms with van der Waals surface area (Å²) in [5.74, 6) is 1.76. The van der Waals surface area contributed by atoms with Crippen LogP contribution in [0.4, 0.5) is 0 Å². The van der Waals surface area contributed by atoms with Gasteiger partial charge in [0.15, 0.2) is 0 Å². The molecule has 0 unspecified atom stereocenters. The first-order valence-corrected chi connectivity index (χ1v) is 9.66. The van der Waals surface area contributed by atoms with E-state index < -0.39 is 0 Å². The Kier molecular flexibility index (Phi) is 7.29. The lowest BCUT2D eigenvalue weighted by Gasteiger charge is -2.33. The second-order valence-corrected chi connectivity index (χ2v) is 7.33. The molecule has 0 atom stereocenters. The Labute approximate surface area is 164 Å². The molecule has 0 fully saturated rings. The maximum absolute atomic E-state index is 5.75. The molecule has 2 rings (SSSR count). The third-order valence-corrected chi connectivity index (χ3v) is 4.99. The minimum atomic E-state index is -0.0141. The summed E-state index contributed by atoms with van der Waals surface area (Å²) in [6.45, 7) is 17.3. The fourth-order valence-electron chi connectivity index (χ4n) is 3.39. The van der Waals surface area contributed by atoms with Crippen LogP contribution in [0.2, 0.25) is 0 Å². The third kappa shape index (κ3) is 5.26. The van der Waals surface area contributed by atoms with Gasteiger partial charge >= 0.3 is 0 Å². The van der Waals surface area contributed by atoms with Gasteiger partial charge in [-0.25, -0.2) is 0 Å². The normalized spacial score (nSPS) is 11.1. The van der Waals surface area contributed by atoms with Crippen LogP contribution < -0.4 is 9.47 Å². The van der Waals surface area contributed by atoms with Gasteiger partial charge in [-0.2, -0.15) is 0 Å². The molecule has 2 aromatic rings. The van der Waals surface area contributed by atoms with Gasteiger partial charge in [0, 0.05) is 5.41 Å². The van der Waals surface area contributed by atoms with Crippen LogP contribution in [0.25, 0.3) is 0 Å². The highest BCUT2D eigenvalue weighted by Crippen LogP contribution is 2.40. The molecule has 0 N–H and O–H groups in total. The smallest absolute Gasteiger partial charge is 0.119 e. The van der Waals surface area contributed by atoms with E-state index >= 15 is 0 Å². The topological polar surface area (TPSA) is 18.5 Å². The first-order chi connectivity index (χ1) is 12.9. The first kappa shape index (κ1) is 20.8. The molecule has 2 aromatic carbocycles. The predicted molar refractivity (Wildman–Crippen MR) is 115 cm³/mol. The molecule has 0 radical (unpaired) electrons. The van der Waals surface area contributed by atoms with E-state index in [1.54, 1.807) is 0 Å². The van der Waals surface area contributed by atoms with E-state index in [0.29, 0.717) is 13.2 Å². The van der Waals surface area contributed by atoms with Gasteiger partial charge < -0.3 is 9.47 Å². The van der Waals surface area contributed by atoms with Crippen LogP contribution in [-0.2, 0) is 5.41 Å². The molecule has 0 aromatic heterocycles. The summed E-state index contributed by atoms with van der Waals surface area (Å²) in [4.78, 5) is 0. The lowest BCUT2D eigenvalue weighted by molar-refractivity contribution is 0.351. The molecule has 0 amide bonds. The Morgan fingerprint density at radius 2 is 1.04 bits per heavy atom. The number of hydrogen-bond donors (Lipinski definition) is 0. The molecule has 0 aliphatic rings. The second-order valence-electron chi connectivity index (χ2n) is 7.33. The van der Waals surface area contributed by atoms with Crippen molar-refractivity contribution in [2.24, 2.45) is 0 Å². The minimum Gasteiger partial charge on any atom is -0.489 e. The van der Waals surface area contributed by atoms with Crippen molar-refractivity contribution in [3.63, 3.8) is 0 Å². The van der Waals surface area contributed by atoms with E-state index in [1.165, 1.54) is 11.1 Å². The summed E-state index contributed by atoms with van der Waals surface area (Å²) < 4.78 is 11.5. The predicted octanol–water partition coefficient (Wildman–Crippen LogP) is 6.70. The van der Waals surface area contributed by atoms with E-state index in [-0.39, 0.29) is 5.41 Å². The van der Waals surface area contributed by atoms with Gasteiger partial charge in [0.05, 0.1) is 0 Å². The van der Waals surface area contributed by atoms with E-state index in [9.17, 15) is 0 Å². The highest BCUT2D eigenvalue weighted by molar-refractivity contribution is 5.43. The van der Waals surface area contributed by atoms with Gasteiger partial charge in [-0.3, -0.25) is 0 Å². The molecule has 2 heteroatoms. The monoisotopic (exact) mass is 364 g/mol. The fraction of sp³-hybridized carbons (Fsp3) is 0.360. The molecular weight excluding hydrogens is 332 g/mol. The third-order valence-electron chi connectivity index (χ3n) is 4.99. The van der Waals surface area contributed by atoms with Crippen LogP contribution in [0.15, 0.2) is 72.8 Å². The van der Waals surface area contributed by atoms with E-state index in [0.717, 1.165) is 35.5 Å². The quantitative estimate of drug-likeness (QED) is 0.437. The zero-order valence-corrected chi connectivity index (χ0v) is 17.2. The molecular formula is C25H32O2. The zero-order chi connectivity index (χ0) is 19.9. The van der Waals surface area contributed by atoms with Crippen LogP contribution >= 0.6 is 0 Å². The van der Waals surface area contributed by atoms with Crippen molar-refractivity contribution >= 4 is 0 Å². The molecule has 0 aliphatic heterocycles. The molecule has 144 valence electrons. The second kappa shape index (κ2) is 9.45. The van der Waals surface area contributed by atoms with Crippen molar-refractivity contribution in [2.45, 2.75) is 46.0 Å². The van der Waals surface area contributed by atoms with Gasteiger partial charge in [-0.1, -0.05) is 51.3 Å². The average molecular weight is 365 g/mol. The lowest BCUT2D eigenvalue weighted by atomic mass is 9.70. The SMILES string of the molecule is C=C(C)COc1ccc(C(CC)(CC)c2ccc(OCC(=C)C)cc2)cc1. The maximum Gasteiger partial charge on any atom is 0.119 e. The highest BCUT2D eigenvalue weighted by Gasteiger charge is 2.30. The molecule has 0 bridgehead atoms. The lowest BCUT2D eigenvalue weighted by Crippen LogP contribution is -2.26. The van der Waals surface area contributed by atoms with Gasteiger partial charge in [0.2, 0.25) is 0 Å². The van der Waals surface area contributed by atoms with Crippen molar-refractivity contribution < 1.29 is 9.47 Å². The first-order valence-electron chi connectivity index (χ1n) is 9.66. The number of rotatable bonds is 10. The van der Waals surface area contributed by atoms with Crippen LogP contribution in [-0.4, -0.2) is 13.2 Å². The van der Waals surface area contributed by atoms with Crippen molar-refractivity contribution in [1.82, 2.24) is 0 Å². The number of hydrogen-bond acceptors (Lipinski definition) is 2. The van der Waals surface area contributed by atoms with Crippen molar-refractivity contribution in [1.29, 1.82) is 0 Å². The Hall–Kier alpha value is -2.48. The van der Waals surface area contributed by atoms with Gasteiger partial charge in [0.1, 0.15) is 24.7 Å².